The topological polar surface area (TPSA) is 106 Å². The summed E-state index contributed by atoms with van der Waals surface area (Å²) in [5.74, 6) is 0.918. The van der Waals surface area contributed by atoms with Gasteiger partial charge in [0.1, 0.15) is 11.5 Å². The number of aromatic nitrogens is 2. The lowest BCUT2D eigenvalue weighted by Crippen LogP contribution is -2.52. The SMILES string of the molecule is C=CC(=O)N[C@H]1C[C@H](C(=O)N(C)C)CC[C@H]1Nc1ncc2cc(-c3c(Cl)c(OC)cc(OC)c3Cl)ccc2n1. The molecule has 0 unspecified atom stereocenters. The second-order valence-corrected chi connectivity index (χ2v) is 10.3. The van der Waals surface area contributed by atoms with Crippen LogP contribution in [0.2, 0.25) is 10.0 Å². The fourth-order valence-corrected chi connectivity index (χ4v) is 5.62. The third-order valence-corrected chi connectivity index (χ3v) is 7.66. The van der Waals surface area contributed by atoms with Crippen molar-refractivity contribution in [2.45, 2.75) is 31.3 Å². The molecule has 0 spiro atoms. The van der Waals surface area contributed by atoms with Crippen LogP contribution in [0.4, 0.5) is 5.95 Å². The predicted molar refractivity (Wildman–Crippen MR) is 154 cm³/mol. The van der Waals surface area contributed by atoms with Gasteiger partial charge in [0.25, 0.3) is 0 Å². The monoisotopic (exact) mass is 571 g/mol. The summed E-state index contributed by atoms with van der Waals surface area (Å²) >= 11 is 13.2. The van der Waals surface area contributed by atoms with Crippen LogP contribution >= 0.6 is 23.2 Å². The van der Waals surface area contributed by atoms with Crippen molar-refractivity contribution in [2.75, 3.05) is 33.6 Å². The highest BCUT2D eigenvalue weighted by molar-refractivity contribution is 6.41. The van der Waals surface area contributed by atoms with E-state index in [1.807, 2.05) is 18.2 Å². The number of ether oxygens (including phenoxy) is 2. The molecule has 1 aliphatic carbocycles. The molecule has 1 aromatic heterocycles. The zero-order valence-electron chi connectivity index (χ0n) is 22.3. The number of methoxy groups -OCH3 is 2. The van der Waals surface area contributed by atoms with Crippen LogP contribution in [-0.2, 0) is 9.59 Å². The molecule has 1 aliphatic rings. The van der Waals surface area contributed by atoms with Crippen molar-refractivity contribution in [3.05, 3.63) is 53.2 Å². The molecule has 2 N–H and O–H groups in total. The third kappa shape index (κ3) is 6.04. The normalized spacial score (nSPS) is 18.8. The van der Waals surface area contributed by atoms with Crippen LogP contribution in [0.3, 0.4) is 0 Å². The number of benzene rings is 2. The molecule has 2 amide bonds. The summed E-state index contributed by atoms with van der Waals surface area (Å²) in [6, 6.07) is 6.84. The molecule has 2 aromatic carbocycles. The molecule has 0 aliphatic heterocycles. The Labute approximate surface area is 237 Å². The van der Waals surface area contributed by atoms with Crippen LogP contribution < -0.4 is 20.1 Å². The minimum Gasteiger partial charge on any atom is -0.495 e. The Morgan fingerprint density at radius 2 is 1.77 bits per heavy atom. The molecule has 39 heavy (non-hydrogen) atoms. The summed E-state index contributed by atoms with van der Waals surface area (Å²) in [5.41, 5.74) is 2.06. The van der Waals surface area contributed by atoms with E-state index in [-0.39, 0.29) is 29.8 Å². The van der Waals surface area contributed by atoms with Crippen molar-refractivity contribution in [1.29, 1.82) is 0 Å². The van der Waals surface area contributed by atoms with Crippen LogP contribution in [0.25, 0.3) is 22.0 Å². The number of carbonyl (C=O) groups is 2. The molecule has 0 radical (unpaired) electrons. The molecule has 9 nitrogen and oxygen atoms in total. The summed E-state index contributed by atoms with van der Waals surface area (Å²) in [5, 5.41) is 7.86. The Kier molecular flexibility index (Phi) is 8.82. The maximum absolute atomic E-state index is 12.6. The summed E-state index contributed by atoms with van der Waals surface area (Å²) in [4.78, 5) is 35.5. The lowest BCUT2D eigenvalue weighted by atomic mass is 9.81. The van der Waals surface area contributed by atoms with Crippen molar-refractivity contribution in [3.8, 4) is 22.6 Å². The number of hydrogen-bond donors (Lipinski definition) is 2. The van der Waals surface area contributed by atoms with Crippen LogP contribution in [0.5, 0.6) is 11.5 Å². The van der Waals surface area contributed by atoms with Crippen molar-refractivity contribution >= 4 is 51.9 Å². The van der Waals surface area contributed by atoms with Gasteiger partial charge in [0.05, 0.1) is 35.8 Å². The maximum Gasteiger partial charge on any atom is 0.243 e. The summed E-state index contributed by atoms with van der Waals surface area (Å²) in [6.45, 7) is 3.55. The second kappa shape index (κ2) is 12.1. The fourth-order valence-electron chi connectivity index (χ4n) is 4.90. The first-order chi connectivity index (χ1) is 18.7. The van der Waals surface area contributed by atoms with Gasteiger partial charge in [-0.25, -0.2) is 9.97 Å². The van der Waals surface area contributed by atoms with E-state index in [1.54, 1.807) is 31.3 Å². The van der Waals surface area contributed by atoms with Gasteiger partial charge in [-0.1, -0.05) is 35.8 Å². The van der Waals surface area contributed by atoms with Gasteiger partial charge in [-0.2, -0.15) is 0 Å². The first-order valence-corrected chi connectivity index (χ1v) is 13.2. The number of carbonyl (C=O) groups excluding carboxylic acids is 2. The Bertz CT molecular complexity index is 1390. The molecule has 11 heteroatoms. The van der Waals surface area contributed by atoms with Crippen molar-refractivity contribution < 1.29 is 19.1 Å². The summed E-state index contributed by atoms with van der Waals surface area (Å²) < 4.78 is 10.8. The number of anilines is 1. The van der Waals surface area contributed by atoms with Gasteiger partial charge in [-0.3, -0.25) is 9.59 Å². The van der Waals surface area contributed by atoms with E-state index in [0.717, 1.165) is 10.9 Å². The van der Waals surface area contributed by atoms with Gasteiger partial charge in [-0.05, 0) is 43.0 Å². The van der Waals surface area contributed by atoms with E-state index < -0.39 is 0 Å². The standard InChI is InChI=1S/C28H31Cl2N5O4/c1-6-23(36)32-20-12-16(27(37)35(2)3)8-10-19(20)34-28-31-14-17-11-15(7-9-18(17)33-28)24-25(29)21(38-4)13-22(39-5)26(24)30/h6-7,9,11,13-14,16,19-20H,1,8,10,12H2,2-5H3,(H,32,36)(H,31,33,34)/t16-,19-,20+/m1/s1. The zero-order valence-corrected chi connectivity index (χ0v) is 23.8. The van der Waals surface area contributed by atoms with Crippen LogP contribution in [0.1, 0.15) is 19.3 Å². The lowest BCUT2D eigenvalue weighted by molar-refractivity contribution is -0.134. The number of amides is 2. The molecule has 3 aromatic rings. The number of hydrogen-bond acceptors (Lipinski definition) is 7. The molecule has 1 fully saturated rings. The third-order valence-electron chi connectivity index (χ3n) is 6.91. The molecule has 206 valence electrons. The zero-order chi connectivity index (χ0) is 28.3. The molecular formula is C28H31Cl2N5O4. The van der Waals surface area contributed by atoms with Gasteiger partial charge < -0.3 is 25.0 Å². The van der Waals surface area contributed by atoms with Gasteiger partial charge in [0, 0.05) is 49.3 Å². The molecule has 1 saturated carbocycles. The summed E-state index contributed by atoms with van der Waals surface area (Å²) in [7, 11) is 6.54. The van der Waals surface area contributed by atoms with Gasteiger partial charge in [0.2, 0.25) is 17.8 Å². The highest BCUT2D eigenvalue weighted by atomic mass is 35.5. The molecule has 4 rings (SSSR count). The molecule has 1 heterocycles. The van der Waals surface area contributed by atoms with Gasteiger partial charge in [-0.15, -0.1) is 0 Å². The lowest BCUT2D eigenvalue weighted by Gasteiger charge is -2.37. The van der Waals surface area contributed by atoms with Crippen molar-refractivity contribution in [3.63, 3.8) is 0 Å². The van der Waals surface area contributed by atoms with E-state index in [1.165, 1.54) is 20.3 Å². The Balaban J connectivity index is 1.60. The first kappa shape index (κ1) is 28.4. The second-order valence-electron chi connectivity index (χ2n) is 9.56. The van der Waals surface area contributed by atoms with Crippen LogP contribution in [0.15, 0.2) is 43.1 Å². The van der Waals surface area contributed by atoms with Crippen molar-refractivity contribution in [1.82, 2.24) is 20.2 Å². The average molecular weight is 572 g/mol. The number of nitrogens with zero attached hydrogens (tertiary/aromatic N) is 3. The largest absolute Gasteiger partial charge is 0.495 e. The van der Waals surface area contributed by atoms with Gasteiger partial charge >= 0.3 is 0 Å². The average Bonchev–Trinajstić information content (AvgIpc) is 2.93. The minimum atomic E-state index is -0.289. The Morgan fingerprint density at radius 3 is 2.38 bits per heavy atom. The van der Waals surface area contributed by atoms with E-state index in [0.29, 0.717) is 57.8 Å². The fraction of sp³-hybridized carbons (Fsp3) is 0.357. The highest BCUT2D eigenvalue weighted by Gasteiger charge is 2.35. The van der Waals surface area contributed by atoms with Crippen LogP contribution in [-0.4, -0.2) is 67.1 Å². The number of halogens is 2. The van der Waals surface area contributed by atoms with E-state index in [9.17, 15) is 9.59 Å². The Morgan fingerprint density at radius 1 is 1.08 bits per heavy atom. The highest BCUT2D eigenvalue weighted by Crippen LogP contribution is 2.46. The van der Waals surface area contributed by atoms with Gasteiger partial charge in [0.15, 0.2) is 0 Å². The maximum atomic E-state index is 12.6. The van der Waals surface area contributed by atoms with E-state index >= 15 is 0 Å². The molecular weight excluding hydrogens is 541 g/mol. The number of fused-ring (bicyclic) bond motifs is 1. The first-order valence-electron chi connectivity index (χ1n) is 12.4. The van der Waals surface area contributed by atoms with Crippen LogP contribution in [0, 0.1) is 5.92 Å². The Hall–Kier alpha value is -3.56. The van der Waals surface area contributed by atoms with Crippen molar-refractivity contribution in [2.24, 2.45) is 5.92 Å². The number of nitrogens with one attached hydrogen (secondary N) is 2. The minimum absolute atomic E-state index is 0.0536. The van der Waals surface area contributed by atoms with E-state index in [4.69, 9.17) is 32.7 Å². The van der Waals surface area contributed by atoms with E-state index in [2.05, 4.69) is 27.2 Å². The quantitative estimate of drug-likeness (QED) is 0.368. The molecule has 3 atom stereocenters. The molecule has 0 bridgehead atoms. The molecule has 0 saturated heterocycles. The summed E-state index contributed by atoms with van der Waals surface area (Å²) in [6.07, 6.45) is 4.82. The predicted octanol–water partition coefficient (Wildman–Crippen LogP) is 4.96. The number of rotatable bonds is 8. The smallest absolute Gasteiger partial charge is 0.243 e.